The minimum atomic E-state index is -1.15. The van der Waals surface area contributed by atoms with Crippen molar-refractivity contribution >= 4 is 16.1 Å². The van der Waals surface area contributed by atoms with Gasteiger partial charge in [0.25, 0.3) is 0 Å². The molecule has 0 unspecified atom stereocenters. The topological polar surface area (TPSA) is 0 Å². The van der Waals surface area contributed by atoms with Gasteiger partial charge in [0.2, 0.25) is 0 Å². The van der Waals surface area contributed by atoms with Crippen molar-refractivity contribution in [3.05, 3.63) is 22.5 Å². The second-order valence-corrected chi connectivity index (χ2v) is 19.0. The molecule has 0 nitrogen and oxygen atoms in total. The zero-order valence-corrected chi connectivity index (χ0v) is 18.8. The van der Waals surface area contributed by atoms with Crippen molar-refractivity contribution in [1.82, 2.24) is 0 Å². The average Bonchev–Trinajstić information content (AvgIpc) is 2.35. The zero-order chi connectivity index (χ0) is 17.2. The van der Waals surface area contributed by atoms with E-state index in [4.69, 9.17) is 0 Å². The van der Waals surface area contributed by atoms with Gasteiger partial charge in [-0.2, -0.15) is 0 Å². The van der Waals surface area contributed by atoms with Gasteiger partial charge in [-0.15, -0.1) is 0 Å². The fraction of sp³-hybridized carbons (Fsp3) is 0.800. The first-order chi connectivity index (χ1) is 10.1. The van der Waals surface area contributed by atoms with Gasteiger partial charge in [-0.05, 0) is 25.7 Å². The third-order valence-electron chi connectivity index (χ3n) is 3.73. The number of rotatable bonds is 11. The minimum Gasteiger partial charge on any atom is -0.0916 e. The van der Waals surface area contributed by atoms with Gasteiger partial charge < -0.3 is 0 Å². The molecule has 0 aliphatic rings. The summed E-state index contributed by atoms with van der Waals surface area (Å²) >= 11 is 0. The maximum atomic E-state index is 2.70. The van der Waals surface area contributed by atoms with Crippen molar-refractivity contribution < 1.29 is 0 Å². The fourth-order valence-electron chi connectivity index (χ4n) is 2.81. The van der Waals surface area contributed by atoms with Crippen LogP contribution in [0.4, 0.5) is 0 Å². The largest absolute Gasteiger partial charge is 0.0916 e. The van der Waals surface area contributed by atoms with Crippen LogP contribution in [0.2, 0.25) is 39.3 Å². The van der Waals surface area contributed by atoms with Crippen LogP contribution in [0.15, 0.2) is 22.5 Å². The number of hydrogen-bond donors (Lipinski definition) is 0. The number of allylic oxidation sites excluding steroid dienone is 2. The van der Waals surface area contributed by atoms with Crippen LogP contribution in [0.3, 0.4) is 0 Å². The second kappa shape index (κ2) is 10.6. The first kappa shape index (κ1) is 21.9. The quantitative estimate of drug-likeness (QED) is 0.205. The van der Waals surface area contributed by atoms with Crippen molar-refractivity contribution in [1.29, 1.82) is 0 Å². The van der Waals surface area contributed by atoms with Crippen molar-refractivity contribution in [3.63, 3.8) is 0 Å². The Morgan fingerprint density at radius 3 is 1.36 bits per heavy atom. The molecule has 0 aliphatic heterocycles. The molecule has 0 saturated carbocycles. The van der Waals surface area contributed by atoms with Crippen LogP contribution in [0.5, 0.6) is 0 Å². The highest BCUT2D eigenvalue weighted by atomic mass is 28.3. The van der Waals surface area contributed by atoms with E-state index >= 15 is 0 Å². The SMILES string of the molecule is CCCCCCC(=C[Si](C)(C)C)C(=C[Si](C)(C)C)CCCC. The molecule has 0 spiro atoms. The lowest BCUT2D eigenvalue weighted by atomic mass is 9.98. The van der Waals surface area contributed by atoms with E-state index in [9.17, 15) is 0 Å². The fourth-order valence-corrected chi connectivity index (χ4v) is 5.56. The van der Waals surface area contributed by atoms with E-state index in [-0.39, 0.29) is 0 Å². The van der Waals surface area contributed by atoms with Crippen LogP contribution in [0, 0.1) is 0 Å². The Labute approximate surface area is 143 Å². The van der Waals surface area contributed by atoms with Gasteiger partial charge >= 0.3 is 0 Å². The second-order valence-electron chi connectivity index (χ2n) is 8.99. The van der Waals surface area contributed by atoms with E-state index in [0.717, 1.165) is 0 Å². The molecule has 0 amide bonds. The third kappa shape index (κ3) is 12.5. The van der Waals surface area contributed by atoms with Gasteiger partial charge in [0.1, 0.15) is 0 Å². The summed E-state index contributed by atoms with van der Waals surface area (Å²) in [6.07, 6.45) is 10.7. The normalized spacial score (nSPS) is 14.5. The molecule has 0 heterocycles. The molecule has 0 N–H and O–H groups in total. The molecule has 0 aromatic rings. The van der Waals surface area contributed by atoms with E-state index in [1.54, 1.807) is 11.1 Å². The summed E-state index contributed by atoms with van der Waals surface area (Å²) < 4.78 is 0. The molecule has 0 atom stereocenters. The zero-order valence-electron chi connectivity index (χ0n) is 16.8. The monoisotopic (exact) mass is 338 g/mol. The molecule has 22 heavy (non-hydrogen) atoms. The summed E-state index contributed by atoms with van der Waals surface area (Å²) in [5, 5.41) is 0. The Morgan fingerprint density at radius 1 is 0.591 bits per heavy atom. The highest BCUT2D eigenvalue weighted by molar-refractivity contribution is 6.82. The van der Waals surface area contributed by atoms with Gasteiger partial charge in [-0.3, -0.25) is 0 Å². The van der Waals surface area contributed by atoms with Crippen molar-refractivity contribution in [3.8, 4) is 0 Å². The van der Waals surface area contributed by atoms with Crippen molar-refractivity contribution in [2.24, 2.45) is 0 Å². The standard InChI is InChI=1S/C20H42Si2/c1-9-11-13-14-16-20(18-22(6,7)8)19(15-12-10-2)17-21(3,4)5/h17-18H,9-16H2,1-8H3. The molecule has 0 aromatic heterocycles. The van der Waals surface area contributed by atoms with E-state index < -0.39 is 16.1 Å². The van der Waals surface area contributed by atoms with Crippen molar-refractivity contribution in [2.75, 3.05) is 0 Å². The lowest BCUT2D eigenvalue weighted by Gasteiger charge is -2.21. The van der Waals surface area contributed by atoms with Gasteiger partial charge in [-0.25, -0.2) is 0 Å². The first-order valence-electron chi connectivity index (χ1n) is 9.53. The highest BCUT2D eigenvalue weighted by Gasteiger charge is 2.17. The van der Waals surface area contributed by atoms with E-state index in [2.05, 4.69) is 64.5 Å². The maximum absolute atomic E-state index is 2.70. The van der Waals surface area contributed by atoms with E-state index in [1.165, 1.54) is 51.4 Å². The highest BCUT2D eigenvalue weighted by Crippen LogP contribution is 2.27. The maximum Gasteiger partial charge on any atom is 0.0690 e. The van der Waals surface area contributed by atoms with Crippen LogP contribution >= 0.6 is 0 Å². The van der Waals surface area contributed by atoms with Crippen LogP contribution < -0.4 is 0 Å². The van der Waals surface area contributed by atoms with Gasteiger partial charge in [0.05, 0.1) is 16.1 Å². The molecule has 0 bridgehead atoms. The van der Waals surface area contributed by atoms with Crippen LogP contribution in [0.25, 0.3) is 0 Å². The Kier molecular flexibility index (Phi) is 10.6. The molecular formula is C20H42Si2. The lowest BCUT2D eigenvalue weighted by molar-refractivity contribution is 0.662. The molecule has 130 valence electrons. The molecule has 0 radical (unpaired) electrons. The lowest BCUT2D eigenvalue weighted by Crippen LogP contribution is -2.20. The Morgan fingerprint density at radius 2 is 1.00 bits per heavy atom. The van der Waals surface area contributed by atoms with Gasteiger partial charge in [0.15, 0.2) is 0 Å². The summed E-state index contributed by atoms with van der Waals surface area (Å²) in [7, 11) is -2.30. The Hall–Kier alpha value is -0.0862. The number of hydrogen-bond acceptors (Lipinski definition) is 0. The summed E-state index contributed by atoms with van der Waals surface area (Å²) in [5.41, 5.74) is 8.81. The summed E-state index contributed by atoms with van der Waals surface area (Å²) in [6.45, 7) is 19.5. The molecule has 0 aromatic carbocycles. The molecule has 0 aliphatic carbocycles. The molecule has 0 fully saturated rings. The molecule has 0 rings (SSSR count). The van der Waals surface area contributed by atoms with Crippen LogP contribution in [0.1, 0.15) is 65.2 Å². The smallest absolute Gasteiger partial charge is 0.0690 e. The van der Waals surface area contributed by atoms with Gasteiger partial charge in [-0.1, -0.05) is 101 Å². The molecular weight excluding hydrogens is 296 g/mol. The van der Waals surface area contributed by atoms with E-state index in [0.29, 0.717) is 0 Å². The predicted molar refractivity (Wildman–Crippen MR) is 111 cm³/mol. The molecule has 0 saturated heterocycles. The van der Waals surface area contributed by atoms with Crippen LogP contribution in [-0.4, -0.2) is 16.1 Å². The number of unbranched alkanes of at least 4 members (excludes halogenated alkanes) is 4. The third-order valence-corrected chi connectivity index (χ3v) is 6.16. The molecule has 2 heteroatoms. The summed E-state index contributed by atoms with van der Waals surface area (Å²) in [6, 6.07) is 0. The summed E-state index contributed by atoms with van der Waals surface area (Å²) in [4.78, 5) is 0. The summed E-state index contributed by atoms with van der Waals surface area (Å²) in [5.74, 6) is 0. The average molecular weight is 339 g/mol. The Bertz CT molecular complexity index is 351. The minimum absolute atomic E-state index is 1.15. The predicted octanol–water partition coefficient (Wildman–Crippen LogP) is 7.75. The first-order valence-corrected chi connectivity index (χ1v) is 16.7. The van der Waals surface area contributed by atoms with Gasteiger partial charge in [0, 0.05) is 0 Å². The van der Waals surface area contributed by atoms with Crippen LogP contribution in [-0.2, 0) is 0 Å². The Balaban J connectivity index is 5.27. The van der Waals surface area contributed by atoms with E-state index in [1.807, 2.05) is 0 Å². The van der Waals surface area contributed by atoms with Crippen molar-refractivity contribution in [2.45, 2.75) is 104 Å².